The molecule has 0 aliphatic heterocycles. The molecule has 0 bridgehead atoms. The first-order chi connectivity index (χ1) is 16.2. The Kier molecular flexibility index (Phi) is 7.44. The summed E-state index contributed by atoms with van der Waals surface area (Å²) in [4.78, 5) is 26.9. The summed E-state index contributed by atoms with van der Waals surface area (Å²) in [5, 5.41) is 6.83. The number of carbonyl (C=O) groups excluding carboxylic acids is 2. The zero-order valence-corrected chi connectivity index (χ0v) is 18.7. The van der Waals surface area contributed by atoms with Crippen molar-refractivity contribution in [1.82, 2.24) is 14.7 Å². The number of nitrogens with one attached hydrogen (secondary N) is 1. The number of rotatable bonds is 8. The number of hydrogen-bond donors (Lipinski definition) is 1. The molecule has 0 aliphatic carbocycles. The molecule has 8 nitrogen and oxygen atoms in total. The Morgan fingerprint density at radius 1 is 1.09 bits per heavy atom. The second-order valence-corrected chi connectivity index (χ2v) is 7.14. The highest BCUT2D eigenvalue weighted by molar-refractivity contribution is 5.99. The average Bonchev–Trinajstić information content (AvgIpc) is 3.26. The van der Waals surface area contributed by atoms with E-state index < -0.39 is 23.6 Å². The van der Waals surface area contributed by atoms with Gasteiger partial charge in [0.25, 0.3) is 5.91 Å². The highest BCUT2D eigenvalue weighted by Crippen LogP contribution is 2.31. The molecule has 11 heteroatoms. The third kappa shape index (κ3) is 5.66. The Labute approximate surface area is 193 Å². The molecular weight excluding hydrogens is 453 g/mol. The van der Waals surface area contributed by atoms with E-state index in [1.165, 1.54) is 37.4 Å². The second-order valence-electron chi connectivity index (χ2n) is 7.14. The van der Waals surface area contributed by atoms with Gasteiger partial charge in [-0.05, 0) is 37.3 Å². The van der Waals surface area contributed by atoms with Crippen molar-refractivity contribution in [2.45, 2.75) is 13.1 Å². The summed E-state index contributed by atoms with van der Waals surface area (Å²) < 4.78 is 50.7. The van der Waals surface area contributed by atoms with Gasteiger partial charge in [0.15, 0.2) is 11.4 Å². The summed E-state index contributed by atoms with van der Waals surface area (Å²) in [6.45, 7) is 1.60. The molecule has 3 rings (SSSR count). The molecule has 1 N–H and O–H groups in total. The highest BCUT2D eigenvalue weighted by atomic mass is 19.4. The Balaban J connectivity index is 1.81. The fourth-order valence-electron chi connectivity index (χ4n) is 3.16. The minimum atomic E-state index is -4.53. The van der Waals surface area contributed by atoms with Crippen LogP contribution in [0.25, 0.3) is 5.69 Å². The number of carbonyl (C=O) groups is 2. The fourth-order valence-corrected chi connectivity index (χ4v) is 3.16. The summed E-state index contributed by atoms with van der Waals surface area (Å²) >= 11 is 0. The van der Waals surface area contributed by atoms with Gasteiger partial charge in [-0.3, -0.25) is 9.59 Å². The van der Waals surface area contributed by atoms with Crippen LogP contribution in [-0.2, 0) is 11.0 Å². The molecule has 2 aromatic carbocycles. The van der Waals surface area contributed by atoms with Crippen LogP contribution >= 0.6 is 0 Å². The lowest BCUT2D eigenvalue weighted by molar-refractivity contribution is -0.137. The van der Waals surface area contributed by atoms with Gasteiger partial charge < -0.3 is 19.7 Å². The maximum atomic E-state index is 13.1. The van der Waals surface area contributed by atoms with E-state index >= 15 is 0 Å². The standard InChI is InChI=1S/C23H23F3N4O4/c1-4-29(14-20(31)27-16-8-6-10-18(12-16)33-2)22(32)21-19(34-3)13-30(28-21)17-9-5-7-15(11-17)23(24,25)26/h5-13H,4,14H2,1-3H3,(H,27,31). The van der Waals surface area contributed by atoms with Crippen molar-refractivity contribution in [2.24, 2.45) is 0 Å². The van der Waals surface area contributed by atoms with E-state index in [9.17, 15) is 22.8 Å². The number of methoxy groups -OCH3 is 2. The van der Waals surface area contributed by atoms with Crippen LogP contribution in [0.4, 0.5) is 18.9 Å². The van der Waals surface area contributed by atoms with E-state index in [1.807, 2.05) is 0 Å². The van der Waals surface area contributed by atoms with E-state index in [-0.39, 0.29) is 30.2 Å². The zero-order valence-electron chi connectivity index (χ0n) is 18.7. The van der Waals surface area contributed by atoms with Gasteiger partial charge in [-0.2, -0.15) is 18.3 Å². The lowest BCUT2D eigenvalue weighted by Crippen LogP contribution is -2.38. The smallest absolute Gasteiger partial charge is 0.416 e. The summed E-state index contributed by atoms with van der Waals surface area (Å²) in [5.41, 5.74) is -0.377. The quantitative estimate of drug-likeness (QED) is 0.531. The average molecular weight is 476 g/mol. The summed E-state index contributed by atoms with van der Waals surface area (Å²) in [5.74, 6) is -0.425. The van der Waals surface area contributed by atoms with Gasteiger partial charge >= 0.3 is 6.18 Å². The minimum Gasteiger partial charge on any atom is -0.497 e. The van der Waals surface area contributed by atoms with Crippen LogP contribution in [0.15, 0.2) is 54.7 Å². The van der Waals surface area contributed by atoms with Crippen LogP contribution in [-0.4, -0.2) is 53.8 Å². The molecule has 0 unspecified atom stereocenters. The van der Waals surface area contributed by atoms with Crippen LogP contribution in [0, 0.1) is 0 Å². The summed E-state index contributed by atoms with van der Waals surface area (Å²) in [6, 6.07) is 11.3. The first kappa shape index (κ1) is 24.6. The molecular formula is C23H23F3N4O4. The molecule has 0 aliphatic rings. The summed E-state index contributed by atoms with van der Waals surface area (Å²) in [6.07, 6.45) is -3.21. The number of hydrogen-bond acceptors (Lipinski definition) is 5. The second kappa shape index (κ2) is 10.3. The molecule has 1 heterocycles. The predicted molar refractivity (Wildman–Crippen MR) is 118 cm³/mol. The first-order valence-corrected chi connectivity index (χ1v) is 10.2. The number of benzene rings is 2. The molecule has 0 radical (unpaired) electrons. The largest absolute Gasteiger partial charge is 0.497 e. The molecule has 0 spiro atoms. The normalized spacial score (nSPS) is 11.1. The van der Waals surface area contributed by atoms with E-state index in [0.29, 0.717) is 11.4 Å². The van der Waals surface area contributed by atoms with Gasteiger partial charge in [0.05, 0.1) is 31.7 Å². The van der Waals surface area contributed by atoms with Crippen molar-refractivity contribution in [3.05, 3.63) is 66.0 Å². The Morgan fingerprint density at radius 2 is 1.82 bits per heavy atom. The van der Waals surface area contributed by atoms with Gasteiger partial charge in [0.1, 0.15) is 12.3 Å². The van der Waals surface area contributed by atoms with Gasteiger partial charge in [-0.15, -0.1) is 0 Å². The van der Waals surface area contributed by atoms with Crippen LogP contribution in [0.1, 0.15) is 23.0 Å². The Bertz CT molecular complexity index is 1180. The fraction of sp³-hybridized carbons (Fsp3) is 0.261. The number of alkyl halides is 3. The SMILES string of the molecule is CCN(CC(=O)Nc1cccc(OC)c1)C(=O)c1nn(-c2cccc(C(F)(F)F)c2)cc1OC. The third-order valence-corrected chi connectivity index (χ3v) is 4.90. The van der Waals surface area contributed by atoms with Gasteiger partial charge in [-0.25, -0.2) is 4.68 Å². The minimum absolute atomic E-state index is 0.0639. The lowest BCUT2D eigenvalue weighted by Gasteiger charge is -2.19. The molecule has 2 amide bonds. The molecule has 0 saturated carbocycles. The third-order valence-electron chi connectivity index (χ3n) is 4.90. The predicted octanol–water partition coefficient (Wildman–Crippen LogP) is 4.01. The molecule has 34 heavy (non-hydrogen) atoms. The van der Waals surface area contributed by atoms with Crippen LogP contribution in [0.3, 0.4) is 0 Å². The monoisotopic (exact) mass is 476 g/mol. The number of nitrogens with zero attached hydrogens (tertiary/aromatic N) is 3. The zero-order chi connectivity index (χ0) is 24.9. The van der Waals surface area contributed by atoms with Gasteiger partial charge in [0.2, 0.25) is 5.91 Å². The molecule has 0 saturated heterocycles. The molecule has 180 valence electrons. The van der Waals surface area contributed by atoms with Crippen molar-refractivity contribution in [2.75, 3.05) is 32.6 Å². The Hall–Kier alpha value is -4.02. The van der Waals surface area contributed by atoms with E-state index in [0.717, 1.165) is 16.8 Å². The van der Waals surface area contributed by atoms with Crippen molar-refractivity contribution in [3.63, 3.8) is 0 Å². The molecule has 1 aromatic heterocycles. The number of amides is 2. The Morgan fingerprint density at radius 3 is 2.47 bits per heavy atom. The lowest BCUT2D eigenvalue weighted by atomic mass is 10.2. The topological polar surface area (TPSA) is 85.7 Å². The number of anilines is 1. The van der Waals surface area contributed by atoms with Crippen LogP contribution in [0.2, 0.25) is 0 Å². The van der Waals surface area contributed by atoms with E-state index in [2.05, 4.69) is 10.4 Å². The number of likely N-dealkylation sites (N-methyl/N-ethyl adjacent to an activating group) is 1. The van der Waals surface area contributed by atoms with Gasteiger partial charge in [-0.1, -0.05) is 12.1 Å². The molecule has 3 aromatic rings. The van der Waals surface area contributed by atoms with E-state index in [1.54, 1.807) is 31.2 Å². The molecule has 0 atom stereocenters. The van der Waals surface area contributed by atoms with Crippen LogP contribution in [0.5, 0.6) is 11.5 Å². The van der Waals surface area contributed by atoms with Crippen molar-refractivity contribution in [3.8, 4) is 17.2 Å². The number of halogens is 3. The number of ether oxygens (including phenoxy) is 2. The highest BCUT2D eigenvalue weighted by Gasteiger charge is 2.31. The number of aromatic nitrogens is 2. The first-order valence-electron chi connectivity index (χ1n) is 10.2. The molecule has 0 fully saturated rings. The van der Waals surface area contributed by atoms with Crippen molar-refractivity contribution in [1.29, 1.82) is 0 Å². The summed E-state index contributed by atoms with van der Waals surface area (Å²) in [7, 11) is 2.82. The maximum Gasteiger partial charge on any atom is 0.416 e. The van der Waals surface area contributed by atoms with Crippen LogP contribution < -0.4 is 14.8 Å². The van der Waals surface area contributed by atoms with E-state index in [4.69, 9.17) is 9.47 Å². The van der Waals surface area contributed by atoms with Crippen molar-refractivity contribution >= 4 is 17.5 Å². The maximum absolute atomic E-state index is 13.1. The van der Waals surface area contributed by atoms with Crippen molar-refractivity contribution < 1.29 is 32.2 Å². The van der Waals surface area contributed by atoms with Gasteiger partial charge in [0, 0.05) is 18.3 Å².